The first-order valence-electron chi connectivity index (χ1n) is 10.8. The number of amides is 2. The fraction of sp³-hybridized carbons (Fsp3) is 0.192. The molecule has 7 nitrogen and oxygen atoms in total. The molecule has 0 fully saturated rings. The van der Waals surface area contributed by atoms with Crippen molar-refractivity contribution >= 4 is 35.3 Å². The molecule has 0 heterocycles. The quantitative estimate of drug-likeness (QED) is 0.292. The van der Waals surface area contributed by atoms with Crippen molar-refractivity contribution in [3.8, 4) is 11.5 Å². The van der Waals surface area contributed by atoms with Gasteiger partial charge in [-0.2, -0.15) is 5.10 Å². The molecule has 2 N–H and O–H groups in total. The third kappa shape index (κ3) is 7.94. The van der Waals surface area contributed by atoms with Gasteiger partial charge in [0.05, 0.1) is 12.8 Å². The zero-order valence-corrected chi connectivity index (χ0v) is 19.5. The van der Waals surface area contributed by atoms with Crippen LogP contribution >= 0.6 is 11.6 Å². The van der Waals surface area contributed by atoms with Crippen LogP contribution in [-0.4, -0.2) is 24.6 Å². The van der Waals surface area contributed by atoms with Gasteiger partial charge in [0.15, 0.2) is 0 Å². The maximum atomic E-state index is 12.1. The molecule has 0 saturated heterocycles. The van der Waals surface area contributed by atoms with E-state index in [0.29, 0.717) is 35.2 Å². The summed E-state index contributed by atoms with van der Waals surface area (Å²) in [6, 6.07) is 21.8. The Balaban J connectivity index is 1.44. The second-order valence-electron chi connectivity index (χ2n) is 7.22. The van der Waals surface area contributed by atoms with Gasteiger partial charge in [-0.3, -0.25) is 9.59 Å². The first kappa shape index (κ1) is 24.8. The number of ether oxygens (including phenoxy) is 2. The lowest BCUT2D eigenvalue weighted by Gasteiger charge is -2.10. The molecule has 0 aliphatic rings. The standard InChI is InChI=1S/C26H26ClN3O4/c1-2-33-22-13-11-21(12-14-22)29-25(31)15-16-26(32)30-28-17-19-7-4-6-10-24(19)34-18-20-8-3-5-9-23(20)27/h3-14,17H,2,15-16,18H2,1H3,(H,29,31)(H,30,32). The smallest absolute Gasteiger partial charge is 0.240 e. The highest BCUT2D eigenvalue weighted by Gasteiger charge is 2.08. The summed E-state index contributed by atoms with van der Waals surface area (Å²) in [4.78, 5) is 24.2. The Bertz CT molecular complexity index is 1130. The van der Waals surface area contributed by atoms with E-state index in [9.17, 15) is 9.59 Å². The Labute approximate surface area is 203 Å². The van der Waals surface area contributed by atoms with Crippen LogP contribution in [0, 0.1) is 0 Å². The van der Waals surface area contributed by atoms with Crippen molar-refractivity contribution in [2.45, 2.75) is 26.4 Å². The number of hydrogen-bond donors (Lipinski definition) is 2. The third-order valence-corrected chi connectivity index (χ3v) is 5.05. The van der Waals surface area contributed by atoms with E-state index in [4.69, 9.17) is 21.1 Å². The summed E-state index contributed by atoms with van der Waals surface area (Å²) in [5.41, 5.74) is 4.64. The van der Waals surface area contributed by atoms with Gasteiger partial charge in [-0.05, 0) is 49.4 Å². The first-order chi connectivity index (χ1) is 16.5. The summed E-state index contributed by atoms with van der Waals surface area (Å²) in [5.74, 6) is 0.706. The average molecular weight is 480 g/mol. The van der Waals surface area contributed by atoms with E-state index in [1.807, 2.05) is 55.5 Å². The number of nitrogens with zero attached hydrogens (tertiary/aromatic N) is 1. The summed E-state index contributed by atoms with van der Waals surface area (Å²) in [7, 11) is 0. The van der Waals surface area contributed by atoms with Crippen LogP contribution in [0.15, 0.2) is 77.9 Å². The number of halogens is 1. The van der Waals surface area contributed by atoms with Crippen molar-refractivity contribution in [1.29, 1.82) is 0 Å². The largest absolute Gasteiger partial charge is 0.494 e. The van der Waals surface area contributed by atoms with Crippen LogP contribution in [0.3, 0.4) is 0 Å². The van der Waals surface area contributed by atoms with Crippen molar-refractivity contribution < 1.29 is 19.1 Å². The molecule has 3 rings (SSSR count). The van der Waals surface area contributed by atoms with Crippen LogP contribution in [0.5, 0.6) is 11.5 Å². The number of carbonyl (C=O) groups is 2. The molecule has 0 unspecified atom stereocenters. The van der Waals surface area contributed by atoms with E-state index in [1.54, 1.807) is 24.3 Å². The molecule has 0 aliphatic heterocycles. The predicted octanol–water partition coefficient (Wildman–Crippen LogP) is 5.19. The summed E-state index contributed by atoms with van der Waals surface area (Å²) >= 11 is 6.18. The lowest BCUT2D eigenvalue weighted by molar-refractivity contribution is -0.124. The molecule has 0 atom stereocenters. The number of rotatable bonds is 11. The Morgan fingerprint density at radius 2 is 1.62 bits per heavy atom. The summed E-state index contributed by atoms with van der Waals surface area (Å²) in [6.45, 7) is 2.78. The van der Waals surface area contributed by atoms with Crippen LogP contribution in [0.1, 0.15) is 30.9 Å². The van der Waals surface area contributed by atoms with E-state index in [1.165, 1.54) is 6.21 Å². The van der Waals surface area contributed by atoms with E-state index < -0.39 is 0 Å². The number of carbonyl (C=O) groups excluding carboxylic acids is 2. The topological polar surface area (TPSA) is 89.0 Å². The summed E-state index contributed by atoms with van der Waals surface area (Å²) in [6.07, 6.45) is 1.54. The SMILES string of the molecule is CCOc1ccc(NC(=O)CCC(=O)NN=Cc2ccccc2OCc2ccccc2Cl)cc1. The molecule has 2 amide bonds. The number of benzene rings is 3. The van der Waals surface area contributed by atoms with Gasteiger partial charge in [-0.25, -0.2) is 5.43 Å². The van der Waals surface area contributed by atoms with Crippen molar-refractivity contribution in [3.63, 3.8) is 0 Å². The molecule has 0 aromatic heterocycles. The second-order valence-corrected chi connectivity index (χ2v) is 7.62. The minimum absolute atomic E-state index is 0.00482. The van der Waals surface area contributed by atoms with Crippen LogP contribution in [0.25, 0.3) is 0 Å². The molecular formula is C26H26ClN3O4. The van der Waals surface area contributed by atoms with Crippen LogP contribution in [0.2, 0.25) is 5.02 Å². The van der Waals surface area contributed by atoms with Crippen LogP contribution < -0.4 is 20.2 Å². The van der Waals surface area contributed by atoms with E-state index in [0.717, 1.165) is 11.3 Å². The number of anilines is 1. The minimum atomic E-state index is -0.368. The lowest BCUT2D eigenvalue weighted by atomic mass is 10.2. The molecule has 0 bridgehead atoms. The molecule has 0 radical (unpaired) electrons. The maximum Gasteiger partial charge on any atom is 0.240 e. The van der Waals surface area contributed by atoms with Gasteiger partial charge >= 0.3 is 0 Å². The molecule has 8 heteroatoms. The van der Waals surface area contributed by atoms with Crippen LogP contribution in [-0.2, 0) is 16.2 Å². The molecular weight excluding hydrogens is 454 g/mol. The van der Waals surface area contributed by atoms with Gasteiger partial charge < -0.3 is 14.8 Å². The summed E-state index contributed by atoms with van der Waals surface area (Å²) in [5, 5.41) is 7.37. The highest BCUT2D eigenvalue weighted by molar-refractivity contribution is 6.31. The number of nitrogens with one attached hydrogen (secondary N) is 2. The normalized spacial score (nSPS) is 10.6. The van der Waals surface area contributed by atoms with Gasteiger partial charge in [-0.1, -0.05) is 41.9 Å². The Morgan fingerprint density at radius 3 is 2.38 bits per heavy atom. The fourth-order valence-corrected chi connectivity index (χ4v) is 3.16. The van der Waals surface area contributed by atoms with E-state index in [2.05, 4.69) is 15.8 Å². The monoisotopic (exact) mass is 479 g/mol. The van der Waals surface area contributed by atoms with Gasteiger partial charge in [0.2, 0.25) is 11.8 Å². The van der Waals surface area contributed by atoms with Crippen molar-refractivity contribution in [2.75, 3.05) is 11.9 Å². The third-order valence-electron chi connectivity index (χ3n) is 4.68. The molecule has 0 saturated carbocycles. The van der Waals surface area contributed by atoms with Crippen LogP contribution in [0.4, 0.5) is 5.69 Å². The molecule has 34 heavy (non-hydrogen) atoms. The number of para-hydroxylation sites is 1. The highest BCUT2D eigenvalue weighted by Crippen LogP contribution is 2.21. The van der Waals surface area contributed by atoms with E-state index in [-0.39, 0.29) is 24.7 Å². The number of hydrogen-bond acceptors (Lipinski definition) is 5. The molecule has 0 spiro atoms. The molecule has 3 aromatic rings. The number of hydrazone groups is 1. The van der Waals surface area contributed by atoms with Gasteiger partial charge in [0.1, 0.15) is 18.1 Å². The molecule has 3 aromatic carbocycles. The van der Waals surface area contributed by atoms with Gasteiger partial charge in [0.25, 0.3) is 0 Å². The zero-order chi connectivity index (χ0) is 24.2. The van der Waals surface area contributed by atoms with Crippen molar-refractivity contribution in [1.82, 2.24) is 5.43 Å². The zero-order valence-electron chi connectivity index (χ0n) is 18.8. The molecule has 0 aliphatic carbocycles. The van der Waals surface area contributed by atoms with Crippen molar-refractivity contribution in [2.24, 2.45) is 5.10 Å². The maximum absolute atomic E-state index is 12.1. The summed E-state index contributed by atoms with van der Waals surface area (Å²) < 4.78 is 11.2. The van der Waals surface area contributed by atoms with Gasteiger partial charge in [0, 0.05) is 34.7 Å². The van der Waals surface area contributed by atoms with E-state index >= 15 is 0 Å². The van der Waals surface area contributed by atoms with Gasteiger partial charge in [-0.15, -0.1) is 0 Å². The molecule has 176 valence electrons. The lowest BCUT2D eigenvalue weighted by Crippen LogP contribution is -2.20. The predicted molar refractivity (Wildman–Crippen MR) is 133 cm³/mol. The van der Waals surface area contributed by atoms with Crippen molar-refractivity contribution in [3.05, 3.63) is 88.9 Å². The fourth-order valence-electron chi connectivity index (χ4n) is 2.97. The Hall–Kier alpha value is -3.84. The first-order valence-corrected chi connectivity index (χ1v) is 11.2. The minimum Gasteiger partial charge on any atom is -0.494 e. The Kier molecular flexibility index (Phi) is 9.49. The second kappa shape index (κ2) is 13.0. The average Bonchev–Trinajstić information content (AvgIpc) is 2.84. The Morgan fingerprint density at radius 1 is 0.912 bits per heavy atom. The highest BCUT2D eigenvalue weighted by atomic mass is 35.5.